The molecule has 4 atom stereocenters. The lowest BCUT2D eigenvalue weighted by Crippen LogP contribution is -2.55. The summed E-state index contributed by atoms with van der Waals surface area (Å²) in [5, 5.41) is 0.621. The fraction of sp³-hybridized carbons (Fsp3) is 0.364. The Hall–Kier alpha value is -2.78. The number of rotatable bonds is 6. The lowest BCUT2D eigenvalue weighted by atomic mass is 10.1. The van der Waals surface area contributed by atoms with Crippen LogP contribution in [0.15, 0.2) is 42.7 Å². The number of ether oxygens (including phenoxy) is 4. The van der Waals surface area contributed by atoms with E-state index in [1.807, 2.05) is 12.1 Å². The van der Waals surface area contributed by atoms with Gasteiger partial charge in [-0.2, -0.15) is 0 Å². The first kappa shape index (κ1) is 23.9. The van der Waals surface area contributed by atoms with Gasteiger partial charge in [0.25, 0.3) is 0 Å². The molecule has 0 N–H and O–H groups in total. The summed E-state index contributed by atoms with van der Waals surface area (Å²) in [5.41, 5.74) is 0.976. The highest BCUT2D eigenvalue weighted by Crippen LogP contribution is 2.35. The van der Waals surface area contributed by atoms with Gasteiger partial charge in [0.15, 0.2) is 23.7 Å². The molecule has 0 aliphatic carbocycles. The van der Waals surface area contributed by atoms with Gasteiger partial charge in [-0.3, -0.25) is 19.4 Å². The van der Waals surface area contributed by atoms with Crippen molar-refractivity contribution >= 4 is 41.3 Å². The molecule has 8 nitrogen and oxygen atoms in total. The first-order valence-electron chi connectivity index (χ1n) is 9.74. The van der Waals surface area contributed by atoms with E-state index in [-0.39, 0.29) is 5.75 Å². The predicted octanol–water partition coefficient (Wildman–Crippen LogP) is 3.65. The van der Waals surface area contributed by atoms with Gasteiger partial charge < -0.3 is 18.9 Å². The predicted molar refractivity (Wildman–Crippen MR) is 118 cm³/mol. The van der Waals surface area contributed by atoms with Gasteiger partial charge in [-0.15, -0.1) is 11.8 Å². The molecule has 0 spiro atoms. The summed E-state index contributed by atoms with van der Waals surface area (Å²) < 4.78 is 22.2. The molecule has 0 unspecified atom stereocenters. The van der Waals surface area contributed by atoms with Crippen molar-refractivity contribution in [2.24, 2.45) is 0 Å². The van der Waals surface area contributed by atoms with Gasteiger partial charge >= 0.3 is 17.9 Å². The molecule has 32 heavy (non-hydrogen) atoms. The van der Waals surface area contributed by atoms with E-state index < -0.39 is 41.7 Å². The third kappa shape index (κ3) is 6.37. The zero-order chi connectivity index (χ0) is 23.3. The maximum atomic E-state index is 11.8. The Morgan fingerprint density at radius 1 is 0.906 bits per heavy atom. The molecule has 0 radical (unpaired) electrons. The summed E-state index contributed by atoms with van der Waals surface area (Å²) in [6.07, 6.45) is 0.414. The molecule has 2 heterocycles. The minimum absolute atomic E-state index is 0.282. The number of thioether (sulfide) groups is 1. The second-order valence-electron chi connectivity index (χ2n) is 7.03. The Morgan fingerprint density at radius 3 is 2.16 bits per heavy atom. The van der Waals surface area contributed by atoms with E-state index in [4.69, 9.17) is 30.5 Å². The van der Waals surface area contributed by atoms with Gasteiger partial charge in [0.1, 0.15) is 5.75 Å². The number of hydrogen-bond acceptors (Lipinski definition) is 9. The number of aromatic nitrogens is 1. The molecule has 1 saturated heterocycles. The van der Waals surface area contributed by atoms with Crippen LogP contribution in [-0.2, 0) is 28.6 Å². The molecule has 1 aromatic heterocycles. The van der Waals surface area contributed by atoms with E-state index >= 15 is 0 Å². The molecular weight excluding hydrogens is 458 g/mol. The standard InChI is InChI=1S/C22H22ClNO7S/c1-12(25)28-19-11-32-22(21(30-14(3)27)20(19)29-13(2)26)31-18-8-16(9-24-10-18)15-4-6-17(23)7-5-15/h4-10,19-22H,11H2,1-3H3/t19-,20+,21-,22-/m1/s1. The fourth-order valence-corrected chi connectivity index (χ4v) is 4.57. The molecule has 3 rings (SSSR count). The Balaban J connectivity index is 1.86. The van der Waals surface area contributed by atoms with Crippen LogP contribution in [-0.4, -0.2) is 52.4 Å². The maximum Gasteiger partial charge on any atom is 0.303 e. The summed E-state index contributed by atoms with van der Waals surface area (Å²) in [6.45, 7) is 3.73. The number of esters is 3. The number of carbonyl (C=O) groups is 3. The van der Waals surface area contributed by atoms with Crippen LogP contribution in [0.25, 0.3) is 11.1 Å². The van der Waals surface area contributed by atoms with E-state index in [1.54, 1.807) is 24.4 Å². The third-order valence-electron chi connectivity index (χ3n) is 4.45. The summed E-state index contributed by atoms with van der Waals surface area (Å²) in [6, 6.07) is 9.07. The Morgan fingerprint density at radius 2 is 1.53 bits per heavy atom. The molecular formula is C22H22ClNO7S. The molecule has 10 heteroatoms. The van der Waals surface area contributed by atoms with Crippen molar-refractivity contribution in [2.75, 3.05) is 5.75 Å². The average Bonchev–Trinajstić information content (AvgIpc) is 2.72. The van der Waals surface area contributed by atoms with Crippen LogP contribution in [0.1, 0.15) is 20.8 Å². The van der Waals surface area contributed by atoms with E-state index in [9.17, 15) is 14.4 Å². The van der Waals surface area contributed by atoms with E-state index in [2.05, 4.69) is 4.98 Å². The normalized spacial score (nSPS) is 22.5. The number of pyridine rings is 1. The highest BCUT2D eigenvalue weighted by molar-refractivity contribution is 7.99. The van der Waals surface area contributed by atoms with Crippen molar-refractivity contribution in [3.05, 3.63) is 47.7 Å². The molecule has 0 bridgehead atoms. The molecule has 1 aromatic carbocycles. The minimum atomic E-state index is -1.01. The van der Waals surface area contributed by atoms with Crippen molar-refractivity contribution in [3.8, 4) is 16.9 Å². The summed E-state index contributed by atoms with van der Waals surface area (Å²) >= 11 is 7.24. The van der Waals surface area contributed by atoms with Crippen molar-refractivity contribution in [3.63, 3.8) is 0 Å². The second kappa shape index (κ2) is 10.7. The number of halogens is 1. The lowest BCUT2D eigenvalue weighted by molar-refractivity contribution is -0.186. The molecule has 170 valence electrons. The highest BCUT2D eigenvalue weighted by atomic mass is 35.5. The molecule has 1 aliphatic rings. The largest absolute Gasteiger partial charge is 0.474 e. The molecule has 2 aromatic rings. The van der Waals surface area contributed by atoms with Crippen LogP contribution in [0, 0.1) is 0 Å². The van der Waals surface area contributed by atoms with Crippen LogP contribution in [0.5, 0.6) is 5.75 Å². The maximum absolute atomic E-state index is 11.8. The first-order valence-corrected chi connectivity index (χ1v) is 11.2. The van der Waals surface area contributed by atoms with Crippen LogP contribution < -0.4 is 4.74 Å². The monoisotopic (exact) mass is 479 g/mol. The van der Waals surface area contributed by atoms with E-state index in [0.717, 1.165) is 11.1 Å². The van der Waals surface area contributed by atoms with Gasteiger partial charge in [-0.25, -0.2) is 0 Å². The van der Waals surface area contributed by atoms with Crippen molar-refractivity contribution < 1.29 is 33.3 Å². The second-order valence-corrected chi connectivity index (χ2v) is 8.60. The Kier molecular flexibility index (Phi) is 7.98. The van der Waals surface area contributed by atoms with Gasteiger partial charge in [0, 0.05) is 43.3 Å². The van der Waals surface area contributed by atoms with Crippen LogP contribution in [0.2, 0.25) is 5.02 Å². The SMILES string of the molecule is CC(=O)O[C@@H]1[C@@H](OC(C)=O)[C@H](OC(C)=O)CS[C@H]1Oc1cncc(-c2ccc(Cl)cc2)c1. The lowest BCUT2D eigenvalue weighted by Gasteiger charge is -2.39. The van der Waals surface area contributed by atoms with Crippen molar-refractivity contribution in [2.45, 2.75) is 44.5 Å². The summed E-state index contributed by atoms with van der Waals surface area (Å²) in [7, 11) is 0. The topological polar surface area (TPSA) is 101 Å². The van der Waals surface area contributed by atoms with Crippen LogP contribution in [0.3, 0.4) is 0 Å². The van der Waals surface area contributed by atoms with Crippen molar-refractivity contribution in [1.29, 1.82) is 0 Å². The fourth-order valence-electron chi connectivity index (χ4n) is 3.23. The Bertz CT molecular complexity index is 984. The molecule has 1 fully saturated rings. The van der Waals surface area contributed by atoms with E-state index in [0.29, 0.717) is 10.8 Å². The first-order chi connectivity index (χ1) is 15.2. The molecule has 1 aliphatic heterocycles. The number of nitrogens with zero attached hydrogens (tertiary/aromatic N) is 1. The van der Waals surface area contributed by atoms with Gasteiger partial charge in [-0.05, 0) is 23.8 Å². The summed E-state index contributed by atoms with van der Waals surface area (Å²) in [4.78, 5) is 39.2. The number of carbonyl (C=O) groups excluding carboxylic acids is 3. The van der Waals surface area contributed by atoms with Gasteiger partial charge in [-0.1, -0.05) is 23.7 Å². The quantitative estimate of drug-likeness (QED) is 0.453. The highest BCUT2D eigenvalue weighted by Gasteiger charge is 2.47. The zero-order valence-corrected chi connectivity index (χ0v) is 19.2. The van der Waals surface area contributed by atoms with Gasteiger partial charge in [0.2, 0.25) is 0 Å². The average molecular weight is 480 g/mol. The van der Waals surface area contributed by atoms with Gasteiger partial charge in [0.05, 0.1) is 6.20 Å². The van der Waals surface area contributed by atoms with E-state index in [1.165, 1.54) is 38.7 Å². The Labute approximate surface area is 194 Å². The molecule has 0 amide bonds. The van der Waals surface area contributed by atoms with Crippen LogP contribution in [0.4, 0.5) is 0 Å². The van der Waals surface area contributed by atoms with Crippen LogP contribution >= 0.6 is 23.4 Å². The minimum Gasteiger partial charge on any atom is -0.474 e. The third-order valence-corrected chi connectivity index (χ3v) is 5.91. The smallest absolute Gasteiger partial charge is 0.303 e. The zero-order valence-electron chi connectivity index (χ0n) is 17.6. The molecule has 0 saturated carbocycles. The summed E-state index contributed by atoms with van der Waals surface area (Å²) in [5.74, 6) is -1.00. The van der Waals surface area contributed by atoms with Crippen molar-refractivity contribution in [1.82, 2.24) is 4.98 Å². The number of hydrogen-bond donors (Lipinski definition) is 0. The number of benzene rings is 1.